The van der Waals surface area contributed by atoms with Crippen LogP contribution < -0.4 is 10.4 Å². The Hall–Kier alpha value is -2.85. The van der Waals surface area contributed by atoms with Crippen LogP contribution in [0.4, 0.5) is 0 Å². The lowest BCUT2D eigenvalue weighted by atomic mass is 10.1. The second-order valence-electron chi connectivity index (χ2n) is 7.49. The summed E-state index contributed by atoms with van der Waals surface area (Å²) in [7, 11) is 0. The van der Waals surface area contributed by atoms with E-state index in [2.05, 4.69) is 11.0 Å². The van der Waals surface area contributed by atoms with Crippen molar-refractivity contribution >= 4 is 16.9 Å². The van der Waals surface area contributed by atoms with Gasteiger partial charge in [0.05, 0.1) is 6.07 Å². The molecule has 2 aromatic rings. The van der Waals surface area contributed by atoms with Gasteiger partial charge in [0, 0.05) is 49.6 Å². The van der Waals surface area contributed by atoms with Gasteiger partial charge >= 0.3 is 5.63 Å². The zero-order valence-corrected chi connectivity index (χ0v) is 17.2. The molecular formula is C22H27N3O4. The number of piperazine rings is 1. The van der Waals surface area contributed by atoms with E-state index in [4.69, 9.17) is 14.4 Å². The second-order valence-corrected chi connectivity index (χ2v) is 7.49. The van der Waals surface area contributed by atoms with Gasteiger partial charge in [0.2, 0.25) is 0 Å². The summed E-state index contributed by atoms with van der Waals surface area (Å²) in [6.45, 7) is 9.20. The van der Waals surface area contributed by atoms with Gasteiger partial charge < -0.3 is 14.1 Å². The van der Waals surface area contributed by atoms with Gasteiger partial charge in [-0.05, 0) is 51.4 Å². The van der Waals surface area contributed by atoms with Crippen molar-refractivity contribution in [2.75, 3.05) is 32.7 Å². The number of nitriles is 1. The molecule has 3 rings (SSSR count). The first-order valence-corrected chi connectivity index (χ1v) is 9.99. The molecule has 154 valence electrons. The van der Waals surface area contributed by atoms with Gasteiger partial charge in [0.1, 0.15) is 11.3 Å². The standard InChI is InChI=1S/C22H27N3O4/c1-15-16(2)22(27)29-20-14-18(6-7-19(15)20)28-17(3)21(26)25-12-10-24(11-13-25)9-5-4-8-23/h6-7,14,17H,4-5,9-13H2,1-3H3. The molecule has 1 unspecified atom stereocenters. The highest BCUT2D eigenvalue weighted by Crippen LogP contribution is 2.24. The van der Waals surface area contributed by atoms with Crippen molar-refractivity contribution in [3.8, 4) is 11.8 Å². The molecule has 0 aliphatic carbocycles. The first-order chi connectivity index (χ1) is 13.9. The van der Waals surface area contributed by atoms with Crippen LogP contribution in [0.2, 0.25) is 0 Å². The fourth-order valence-corrected chi connectivity index (χ4v) is 3.59. The van der Waals surface area contributed by atoms with Crippen molar-refractivity contribution in [1.82, 2.24) is 9.80 Å². The molecule has 0 saturated carbocycles. The van der Waals surface area contributed by atoms with E-state index in [1.165, 1.54) is 0 Å². The summed E-state index contributed by atoms with van der Waals surface area (Å²) in [4.78, 5) is 28.8. The maximum absolute atomic E-state index is 12.8. The number of ether oxygens (including phenoxy) is 1. The summed E-state index contributed by atoms with van der Waals surface area (Å²) in [5.74, 6) is 0.447. The monoisotopic (exact) mass is 397 g/mol. The van der Waals surface area contributed by atoms with Crippen LogP contribution in [0.3, 0.4) is 0 Å². The summed E-state index contributed by atoms with van der Waals surface area (Å²) in [6.07, 6.45) is 0.798. The highest BCUT2D eigenvalue weighted by atomic mass is 16.5. The lowest BCUT2D eigenvalue weighted by Crippen LogP contribution is -2.51. The third kappa shape index (κ3) is 4.77. The molecule has 1 amide bonds. The largest absolute Gasteiger partial charge is 0.481 e. The van der Waals surface area contributed by atoms with E-state index >= 15 is 0 Å². The van der Waals surface area contributed by atoms with E-state index in [1.54, 1.807) is 26.0 Å². The lowest BCUT2D eigenvalue weighted by Gasteiger charge is -2.35. The number of rotatable bonds is 6. The van der Waals surface area contributed by atoms with Gasteiger partial charge in [-0.1, -0.05) is 0 Å². The van der Waals surface area contributed by atoms with Gasteiger partial charge in [0.15, 0.2) is 6.10 Å². The quantitative estimate of drug-likeness (QED) is 0.550. The number of carbonyl (C=O) groups is 1. The van der Waals surface area contributed by atoms with E-state index in [0.29, 0.717) is 36.4 Å². The molecule has 2 heterocycles. The number of fused-ring (bicyclic) bond motifs is 1. The van der Waals surface area contributed by atoms with Crippen molar-refractivity contribution < 1.29 is 13.9 Å². The molecule has 0 bridgehead atoms. The number of nitrogens with zero attached hydrogens (tertiary/aromatic N) is 3. The number of carbonyl (C=O) groups excluding carboxylic acids is 1. The molecule has 29 heavy (non-hydrogen) atoms. The van der Waals surface area contributed by atoms with Crippen LogP contribution in [0.5, 0.6) is 5.75 Å². The first-order valence-electron chi connectivity index (χ1n) is 9.99. The topological polar surface area (TPSA) is 86.8 Å². The number of amides is 1. The molecule has 1 saturated heterocycles. The summed E-state index contributed by atoms with van der Waals surface area (Å²) in [6, 6.07) is 7.48. The molecule has 1 fully saturated rings. The van der Waals surface area contributed by atoms with E-state index in [1.807, 2.05) is 17.9 Å². The molecule has 7 nitrogen and oxygen atoms in total. The van der Waals surface area contributed by atoms with Crippen molar-refractivity contribution in [2.45, 2.75) is 39.7 Å². The van der Waals surface area contributed by atoms with Gasteiger partial charge in [0.25, 0.3) is 5.91 Å². The van der Waals surface area contributed by atoms with Crippen LogP contribution in [0.25, 0.3) is 11.0 Å². The molecule has 7 heteroatoms. The number of hydrogen-bond donors (Lipinski definition) is 0. The highest BCUT2D eigenvalue weighted by Gasteiger charge is 2.26. The molecule has 1 aromatic heterocycles. The predicted octanol–water partition coefficient (Wildman–Crippen LogP) is 2.63. The van der Waals surface area contributed by atoms with E-state index < -0.39 is 6.10 Å². The van der Waals surface area contributed by atoms with E-state index in [9.17, 15) is 9.59 Å². The third-order valence-electron chi connectivity index (χ3n) is 5.54. The fourth-order valence-electron chi connectivity index (χ4n) is 3.59. The smallest absolute Gasteiger partial charge is 0.339 e. The van der Waals surface area contributed by atoms with Crippen molar-refractivity contribution in [3.05, 3.63) is 39.7 Å². The van der Waals surface area contributed by atoms with Crippen LogP contribution in [0.15, 0.2) is 27.4 Å². The lowest BCUT2D eigenvalue weighted by molar-refractivity contribution is -0.139. The van der Waals surface area contributed by atoms with E-state index in [-0.39, 0.29) is 11.5 Å². The number of aryl methyl sites for hydroxylation is 1. The van der Waals surface area contributed by atoms with Gasteiger partial charge in [-0.3, -0.25) is 9.69 Å². The van der Waals surface area contributed by atoms with Crippen LogP contribution >= 0.6 is 0 Å². The minimum Gasteiger partial charge on any atom is -0.481 e. The number of unbranched alkanes of at least 4 members (excludes halogenated alkanes) is 1. The Kier molecular flexibility index (Phi) is 6.55. The summed E-state index contributed by atoms with van der Waals surface area (Å²) < 4.78 is 11.2. The summed E-state index contributed by atoms with van der Waals surface area (Å²) in [5.41, 5.74) is 1.59. The maximum Gasteiger partial charge on any atom is 0.339 e. The van der Waals surface area contributed by atoms with Crippen molar-refractivity contribution in [2.24, 2.45) is 0 Å². The summed E-state index contributed by atoms with van der Waals surface area (Å²) in [5, 5.41) is 9.50. The summed E-state index contributed by atoms with van der Waals surface area (Å²) >= 11 is 0. The fraction of sp³-hybridized carbons (Fsp3) is 0.500. The average molecular weight is 397 g/mol. The SMILES string of the molecule is Cc1c(C)c2ccc(OC(C)C(=O)N3CCN(CCCC#N)CC3)cc2oc1=O. The van der Waals surface area contributed by atoms with Gasteiger partial charge in [-0.15, -0.1) is 0 Å². The van der Waals surface area contributed by atoms with Gasteiger partial charge in [-0.2, -0.15) is 5.26 Å². The molecular weight excluding hydrogens is 370 g/mol. The van der Waals surface area contributed by atoms with Crippen LogP contribution in [-0.2, 0) is 4.79 Å². The van der Waals surface area contributed by atoms with Crippen molar-refractivity contribution in [3.63, 3.8) is 0 Å². The zero-order valence-electron chi connectivity index (χ0n) is 17.2. The third-order valence-corrected chi connectivity index (χ3v) is 5.54. The molecule has 1 aromatic carbocycles. The maximum atomic E-state index is 12.8. The predicted molar refractivity (Wildman–Crippen MR) is 110 cm³/mol. The minimum absolute atomic E-state index is 0.0525. The van der Waals surface area contributed by atoms with Crippen LogP contribution in [0, 0.1) is 25.2 Å². The molecule has 1 atom stereocenters. The van der Waals surface area contributed by atoms with E-state index in [0.717, 1.165) is 37.0 Å². The Balaban J connectivity index is 1.61. The zero-order chi connectivity index (χ0) is 21.0. The molecule has 0 N–H and O–H groups in total. The van der Waals surface area contributed by atoms with Crippen LogP contribution in [0.1, 0.15) is 30.9 Å². The molecule has 0 radical (unpaired) electrons. The molecule has 0 spiro atoms. The Labute approximate surface area is 170 Å². The van der Waals surface area contributed by atoms with Gasteiger partial charge in [-0.25, -0.2) is 4.79 Å². The first kappa shape index (κ1) is 20.9. The highest BCUT2D eigenvalue weighted by molar-refractivity contribution is 5.83. The average Bonchev–Trinajstić information content (AvgIpc) is 2.72. The molecule has 1 aliphatic rings. The Bertz CT molecular complexity index is 984. The normalized spacial score (nSPS) is 15.9. The Morgan fingerprint density at radius 2 is 1.97 bits per heavy atom. The second kappa shape index (κ2) is 9.10. The Morgan fingerprint density at radius 1 is 1.24 bits per heavy atom. The van der Waals surface area contributed by atoms with Crippen LogP contribution in [-0.4, -0.2) is 54.5 Å². The number of hydrogen-bond acceptors (Lipinski definition) is 6. The molecule has 1 aliphatic heterocycles. The minimum atomic E-state index is -0.629. The van der Waals surface area contributed by atoms with Crippen molar-refractivity contribution in [1.29, 1.82) is 5.26 Å². The number of benzene rings is 1. The Morgan fingerprint density at radius 3 is 2.66 bits per heavy atom.